The van der Waals surface area contributed by atoms with Gasteiger partial charge < -0.3 is 20.4 Å². The lowest BCUT2D eigenvalue weighted by Crippen LogP contribution is -2.51. The van der Waals surface area contributed by atoms with Gasteiger partial charge in [0.05, 0.1) is 6.61 Å². The summed E-state index contributed by atoms with van der Waals surface area (Å²) in [5.74, 6) is 0.531. The molecule has 0 aromatic carbocycles. The van der Waals surface area contributed by atoms with Crippen LogP contribution in [0.25, 0.3) is 0 Å². The Labute approximate surface area is 103 Å². The predicted octanol–water partition coefficient (Wildman–Crippen LogP) is -0.422. The Balaban J connectivity index is 2.52. The maximum Gasteiger partial charge on any atom is 0.222 e. The van der Waals surface area contributed by atoms with E-state index in [-0.39, 0.29) is 25.2 Å². The van der Waals surface area contributed by atoms with Gasteiger partial charge in [0.15, 0.2) is 0 Å². The number of likely N-dealkylation sites (tertiary alicyclic amines) is 1. The first kappa shape index (κ1) is 14.4. The van der Waals surface area contributed by atoms with Gasteiger partial charge in [-0.25, -0.2) is 0 Å². The number of nitrogens with one attached hydrogen (secondary N) is 1. The molecule has 100 valence electrons. The molecule has 0 bridgehead atoms. The largest absolute Gasteiger partial charge is 0.396 e. The summed E-state index contributed by atoms with van der Waals surface area (Å²) in [6, 6.07) is 0.239. The van der Waals surface area contributed by atoms with E-state index in [1.807, 2.05) is 11.8 Å². The van der Waals surface area contributed by atoms with Gasteiger partial charge in [-0.15, -0.1) is 0 Å². The molecule has 0 saturated carbocycles. The van der Waals surface area contributed by atoms with Crippen molar-refractivity contribution in [1.29, 1.82) is 0 Å². The Morgan fingerprint density at radius 2 is 2.12 bits per heavy atom. The highest BCUT2D eigenvalue weighted by Crippen LogP contribution is 2.20. The number of aliphatic hydroxyl groups excluding tert-OH is 2. The first-order valence-electron chi connectivity index (χ1n) is 6.44. The third-order valence-electron chi connectivity index (χ3n) is 3.27. The maximum absolute atomic E-state index is 11.7. The monoisotopic (exact) mass is 244 g/mol. The number of carbonyl (C=O) groups is 1. The van der Waals surface area contributed by atoms with Gasteiger partial charge in [-0.3, -0.25) is 4.79 Å². The average molecular weight is 244 g/mol. The Morgan fingerprint density at radius 1 is 1.35 bits per heavy atom. The summed E-state index contributed by atoms with van der Waals surface area (Å²) < 4.78 is 0. The number of amides is 1. The van der Waals surface area contributed by atoms with E-state index in [2.05, 4.69) is 5.32 Å². The fourth-order valence-electron chi connectivity index (χ4n) is 2.44. The first-order chi connectivity index (χ1) is 8.21. The standard InChI is InChI=1S/C12H24N2O3/c1-2-12(17)14-8-10(3-5-15)7-11(9-14)13-4-6-16/h10-11,13,15-16H,2-9H2,1H3. The van der Waals surface area contributed by atoms with Crippen LogP contribution in [0, 0.1) is 5.92 Å². The quantitative estimate of drug-likeness (QED) is 0.593. The molecule has 0 aromatic heterocycles. The van der Waals surface area contributed by atoms with Crippen molar-refractivity contribution in [3.8, 4) is 0 Å². The van der Waals surface area contributed by atoms with Gasteiger partial charge in [0, 0.05) is 38.7 Å². The number of hydrogen-bond donors (Lipinski definition) is 3. The fraction of sp³-hybridized carbons (Fsp3) is 0.917. The van der Waals surface area contributed by atoms with Crippen LogP contribution in [0.1, 0.15) is 26.2 Å². The van der Waals surface area contributed by atoms with E-state index in [1.165, 1.54) is 0 Å². The van der Waals surface area contributed by atoms with Crippen molar-refractivity contribution in [2.24, 2.45) is 5.92 Å². The van der Waals surface area contributed by atoms with Crippen LogP contribution in [-0.2, 0) is 4.79 Å². The number of piperidine rings is 1. The molecular weight excluding hydrogens is 220 g/mol. The average Bonchev–Trinajstić information content (AvgIpc) is 2.35. The number of nitrogens with zero attached hydrogens (tertiary/aromatic N) is 1. The summed E-state index contributed by atoms with van der Waals surface area (Å²) in [5, 5.41) is 21.0. The van der Waals surface area contributed by atoms with E-state index in [9.17, 15) is 4.79 Å². The third kappa shape index (κ3) is 4.61. The smallest absolute Gasteiger partial charge is 0.222 e. The van der Waals surface area contributed by atoms with Crippen molar-refractivity contribution < 1.29 is 15.0 Å². The molecular formula is C12H24N2O3. The summed E-state index contributed by atoms with van der Waals surface area (Å²) in [5.41, 5.74) is 0. The molecule has 1 heterocycles. The van der Waals surface area contributed by atoms with E-state index in [1.54, 1.807) is 0 Å². The van der Waals surface area contributed by atoms with E-state index in [4.69, 9.17) is 10.2 Å². The topological polar surface area (TPSA) is 72.8 Å². The van der Waals surface area contributed by atoms with Crippen LogP contribution in [0.4, 0.5) is 0 Å². The Kier molecular flexibility index (Phi) is 6.47. The summed E-state index contributed by atoms with van der Waals surface area (Å²) in [4.78, 5) is 13.6. The van der Waals surface area contributed by atoms with E-state index >= 15 is 0 Å². The molecule has 1 amide bonds. The lowest BCUT2D eigenvalue weighted by atomic mass is 9.91. The van der Waals surface area contributed by atoms with Crippen molar-refractivity contribution in [2.75, 3.05) is 32.8 Å². The zero-order valence-corrected chi connectivity index (χ0v) is 10.6. The van der Waals surface area contributed by atoms with Crippen LogP contribution in [0.3, 0.4) is 0 Å². The molecule has 0 radical (unpaired) electrons. The normalized spacial score (nSPS) is 25.0. The molecule has 5 heteroatoms. The summed E-state index contributed by atoms with van der Waals surface area (Å²) in [6.45, 7) is 4.19. The van der Waals surface area contributed by atoms with Gasteiger partial charge >= 0.3 is 0 Å². The second-order valence-electron chi connectivity index (χ2n) is 4.64. The molecule has 17 heavy (non-hydrogen) atoms. The van der Waals surface area contributed by atoms with Gasteiger partial charge in [0.2, 0.25) is 5.91 Å². The van der Waals surface area contributed by atoms with E-state index in [0.29, 0.717) is 25.4 Å². The maximum atomic E-state index is 11.7. The molecule has 0 aliphatic carbocycles. The zero-order chi connectivity index (χ0) is 12.7. The van der Waals surface area contributed by atoms with Crippen LogP contribution in [0.2, 0.25) is 0 Å². The molecule has 5 nitrogen and oxygen atoms in total. The van der Waals surface area contributed by atoms with Crippen LogP contribution in [0.5, 0.6) is 0 Å². The van der Waals surface area contributed by atoms with Crippen molar-refractivity contribution in [2.45, 2.75) is 32.2 Å². The highest BCUT2D eigenvalue weighted by atomic mass is 16.3. The van der Waals surface area contributed by atoms with Crippen molar-refractivity contribution in [3.05, 3.63) is 0 Å². The molecule has 0 spiro atoms. The molecule has 1 aliphatic rings. The van der Waals surface area contributed by atoms with Crippen LogP contribution in [0.15, 0.2) is 0 Å². The Bertz CT molecular complexity index is 236. The summed E-state index contributed by atoms with van der Waals surface area (Å²) >= 11 is 0. The third-order valence-corrected chi connectivity index (χ3v) is 3.27. The number of carbonyl (C=O) groups excluding carboxylic acids is 1. The minimum Gasteiger partial charge on any atom is -0.396 e. The molecule has 1 saturated heterocycles. The van der Waals surface area contributed by atoms with Gasteiger partial charge in [-0.05, 0) is 18.8 Å². The van der Waals surface area contributed by atoms with Crippen molar-refractivity contribution >= 4 is 5.91 Å². The molecule has 1 aliphatic heterocycles. The van der Waals surface area contributed by atoms with Crippen molar-refractivity contribution in [1.82, 2.24) is 10.2 Å². The van der Waals surface area contributed by atoms with E-state index < -0.39 is 0 Å². The lowest BCUT2D eigenvalue weighted by molar-refractivity contribution is -0.133. The zero-order valence-electron chi connectivity index (χ0n) is 10.6. The van der Waals surface area contributed by atoms with Gasteiger partial charge in [-0.1, -0.05) is 6.92 Å². The van der Waals surface area contributed by atoms with E-state index in [0.717, 1.165) is 19.4 Å². The van der Waals surface area contributed by atoms with Crippen LogP contribution >= 0.6 is 0 Å². The number of aliphatic hydroxyl groups is 2. The van der Waals surface area contributed by atoms with Crippen LogP contribution < -0.4 is 5.32 Å². The van der Waals surface area contributed by atoms with Crippen LogP contribution in [-0.4, -0.2) is 59.9 Å². The van der Waals surface area contributed by atoms with Gasteiger partial charge in [-0.2, -0.15) is 0 Å². The second-order valence-corrected chi connectivity index (χ2v) is 4.64. The fourth-order valence-corrected chi connectivity index (χ4v) is 2.44. The highest BCUT2D eigenvalue weighted by molar-refractivity contribution is 5.76. The molecule has 1 rings (SSSR count). The van der Waals surface area contributed by atoms with Gasteiger partial charge in [0.1, 0.15) is 0 Å². The molecule has 1 fully saturated rings. The second kappa shape index (κ2) is 7.63. The minimum absolute atomic E-state index is 0.114. The highest BCUT2D eigenvalue weighted by Gasteiger charge is 2.28. The molecule has 3 N–H and O–H groups in total. The SMILES string of the molecule is CCC(=O)N1CC(CCO)CC(NCCO)C1. The number of rotatable bonds is 6. The predicted molar refractivity (Wildman–Crippen MR) is 65.6 cm³/mol. The van der Waals surface area contributed by atoms with Gasteiger partial charge in [0.25, 0.3) is 0 Å². The van der Waals surface area contributed by atoms with Crippen molar-refractivity contribution in [3.63, 3.8) is 0 Å². The molecule has 0 aromatic rings. The Morgan fingerprint density at radius 3 is 2.71 bits per heavy atom. The lowest BCUT2D eigenvalue weighted by Gasteiger charge is -2.38. The Hall–Kier alpha value is -0.650. The first-order valence-corrected chi connectivity index (χ1v) is 6.44. The molecule has 2 unspecified atom stereocenters. The number of hydrogen-bond acceptors (Lipinski definition) is 4. The summed E-state index contributed by atoms with van der Waals surface area (Å²) in [6.07, 6.45) is 2.23. The minimum atomic E-state index is 0.114. The summed E-state index contributed by atoms with van der Waals surface area (Å²) in [7, 11) is 0. The molecule has 2 atom stereocenters.